The number of benzene rings is 1. The van der Waals surface area contributed by atoms with Crippen LogP contribution in [0.2, 0.25) is 5.02 Å². The second-order valence-electron chi connectivity index (χ2n) is 5.80. The van der Waals surface area contributed by atoms with Gasteiger partial charge in [-0.15, -0.1) is 0 Å². The van der Waals surface area contributed by atoms with Crippen molar-refractivity contribution in [2.24, 2.45) is 5.92 Å². The lowest BCUT2D eigenvalue weighted by molar-refractivity contribution is -0.122. The lowest BCUT2D eigenvalue weighted by Crippen LogP contribution is -2.28. The number of carbonyl (C=O) groups is 1. The number of hydrogen-bond donors (Lipinski definition) is 2. The van der Waals surface area contributed by atoms with E-state index in [0.29, 0.717) is 5.02 Å². The Labute approximate surface area is 135 Å². The molecule has 2 aromatic rings. The number of aryl methyl sites for hydroxylation is 1. The number of anilines is 1. The lowest BCUT2D eigenvalue weighted by Gasteiger charge is -2.24. The zero-order chi connectivity index (χ0) is 15.5. The maximum atomic E-state index is 12.3. The fourth-order valence-corrected chi connectivity index (χ4v) is 2.87. The number of carbonyl (C=O) groups excluding carboxylic acids is 1. The summed E-state index contributed by atoms with van der Waals surface area (Å²) in [5.74, 6) is 0.255. The second kappa shape index (κ2) is 6.53. The van der Waals surface area contributed by atoms with E-state index < -0.39 is 0 Å². The molecule has 4 nitrogen and oxygen atoms in total. The van der Waals surface area contributed by atoms with Gasteiger partial charge in [0, 0.05) is 16.5 Å². The van der Waals surface area contributed by atoms with Gasteiger partial charge in [-0.2, -0.15) is 5.10 Å². The second-order valence-corrected chi connectivity index (χ2v) is 6.24. The standard InChI is InChI=1S/C17H20ClN3O/c1-2-5-14-16(19-17(22)11-6-3-7-11)15(21-20-14)12-8-4-9-13(18)10-12/h4,8-11H,2-3,5-7H2,1H3,(H,19,22)(H,20,21). The predicted molar refractivity (Wildman–Crippen MR) is 89.0 cm³/mol. The molecular formula is C17H20ClN3O. The monoisotopic (exact) mass is 317 g/mol. The molecule has 22 heavy (non-hydrogen) atoms. The number of nitrogens with zero attached hydrogens (tertiary/aromatic N) is 1. The first kappa shape index (κ1) is 15.1. The van der Waals surface area contributed by atoms with Gasteiger partial charge in [-0.05, 0) is 31.4 Å². The third-order valence-electron chi connectivity index (χ3n) is 4.16. The van der Waals surface area contributed by atoms with Crippen molar-refractivity contribution in [2.75, 3.05) is 5.32 Å². The molecule has 1 aromatic heterocycles. The van der Waals surface area contributed by atoms with Crippen molar-refractivity contribution in [1.82, 2.24) is 10.2 Å². The van der Waals surface area contributed by atoms with Gasteiger partial charge in [-0.3, -0.25) is 9.89 Å². The van der Waals surface area contributed by atoms with Crippen LogP contribution >= 0.6 is 11.6 Å². The van der Waals surface area contributed by atoms with E-state index in [4.69, 9.17) is 11.6 Å². The van der Waals surface area contributed by atoms with Crippen LogP contribution in [0, 0.1) is 5.92 Å². The van der Waals surface area contributed by atoms with Gasteiger partial charge < -0.3 is 5.32 Å². The molecule has 1 fully saturated rings. The van der Waals surface area contributed by atoms with Crippen LogP contribution in [0.25, 0.3) is 11.3 Å². The Kier molecular flexibility index (Phi) is 4.48. The van der Waals surface area contributed by atoms with Crippen LogP contribution in [0.3, 0.4) is 0 Å². The number of amides is 1. The average molecular weight is 318 g/mol. The summed E-state index contributed by atoms with van der Waals surface area (Å²) in [6.45, 7) is 2.11. The Hall–Kier alpha value is -1.81. The minimum Gasteiger partial charge on any atom is -0.322 e. The van der Waals surface area contributed by atoms with Crippen LogP contribution in [-0.2, 0) is 11.2 Å². The molecule has 0 saturated heterocycles. The van der Waals surface area contributed by atoms with Gasteiger partial charge in [0.1, 0.15) is 5.69 Å². The number of aromatic amines is 1. The molecule has 116 valence electrons. The normalized spacial score (nSPS) is 14.6. The first-order valence-electron chi connectivity index (χ1n) is 7.83. The van der Waals surface area contributed by atoms with Crippen LogP contribution in [0.1, 0.15) is 38.3 Å². The summed E-state index contributed by atoms with van der Waals surface area (Å²) in [7, 11) is 0. The topological polar surface area (TPSA) is 57.8 Å². The molecule has 1 heterocycles. The summed E-state index contributed by atoms with van der Waals surface area (Å²) >= 11 is 6.08. The smallest absolute Gasteiger partial charge is 0.227 e. The number of hydrogen-bond acceptors (Lipinski definition) is 2. The highest BCUT2D eigenvalue weighted by molar-refractivity contribution is 6.30. The van der Waals surface area contributed by atoms with Crippen LogP contribution < -0.4 is 5.32 Å². The molecule has 5 heteroatoms. The summed E-state index contributed by atoms with van der Waals surface area (Å²) in [5, 5.41) is 11.2. The molecular weight excluding hydrogens is 298 g/mol. The van der Waals surface area contributed by atoms with E-state index in [-0.39, 0.29) is 11.8 Å². The first-order chi connectivity index (χ1) is 10.7. The number of aromatic nitrogens is 2. The summed E-state index contributed by atoms with van der Waals surface area (Å²) in [4.78, 5) is 12.3. The van der Waals surface area contributed by atoms with Gasteiger partial charge >= 0.3 is 0 Å². The van der Waals surface area contributed by atoms with E-state index in [9.17, 15) is 4.79 Å². The van der Waals surface area contributed by atoms with Crippen molar-refractivity contribution < 1.29 is 4.79 Å². The maximum absolute atomic E-state index is 12.3. The van der Waals surface area contributed by atoms with Crippen molar-refractivity contribution in [3.05, 3.63) is 35.0 Å². The van der Waals surface area contributed by atoms with Gasteiger partial charge in [0.15, 0.2) is 0 Å². The summed E-state index contributed by atoms with van der Waals surface area (Å²) in [5.41, 5.74) is 3.46. The van der Waals surface area contributed by atoms with Crippen molar-refractivity contribution in [3.63, 3.8) is 0 Å². The van der Waals surface area contributed by atoms with Gasteiger partial charge in [-0.25, -0.2) is 0 Å². The number of rotatable bonds is 5. The molecule has 1 saturated carbocycles. The molecule has 3 rings (SSSR count). The number of nitrogens with one attached hydrogen (secondary N) is 2. The van der Waals surface area contributed by atoms with Gasteiger partial charge in [-0.1, -0.05) is 43.5 Å². The zero-order valence-electron chi connectivity index (χ0n) is 12.7. The quantitative estimate of drug-likeness (QED) is 0.857. The molecule has 1 aliphatic carbocycles. The highest BCUT2D eigenvalue weighted by Gasteiger charge is 2.27. The molecule has 1 amide bonds. The molecule has 2 N–H and O–H groups in total. The van der Waals surface area contributed by atoms with Crippen molar-refractivity contribution in [2.45, 2.75) is 39.0 Å². The van der Waals surface area contributed by atoms with E-state index in [0.717, 1.165) is 54.7 Å². The Morgan fingerprint density at radius 2 is 2.27 bits per heavy atom. The van der Waals surface area contributed by atoms with Crippen molar-refractivity contribution in [1.29, 1.82) is 0 Å². The Balaban J connectivity index is 1.93. The molecule has 0 aliphatic heterocycles. The van der Waals surface area contributed by atoms with Gasteiger partial charge in [0.05, 0.1) is 11.4 Å². The fraction of sp³-hybridized carbons (Fsp3) is 0.412. The van der Waals surface area contributed by atoms with E-state index in [1.54, 1.807) is 0 Å². The first-order valence-corrected chi connectivity index (χ1v) is 8.21. The van der Waals surface area contributed by atoms with Crippen LogP contribution in [-0.4, -0.2) is 16.1 Å². The van der Waals surface area contributed by atoms with Crippen molar-refractivity contribution >= 4 is 23.2 Å². The molecule has 0 atom stereocenters. The van der Waals surface area contributed by atoms with E-state index in [1.165, 1.54) is 0 Å². The molecule has 1 aromatic carbocycles. The van der Waals surface area contributed by atoms with Crippen molar-refractivity contribution in [3.8, 4) is 11.3 Å². The Morgan fingerprint density at radius 1 is 1.45 bits per heavy atom. The third kappa shape index (κ3) is 3.02. The van der Waals surface area contributed by atoms with E-state index >= 15 is 0 Å². The Morgan fingerprint density at radius 3 is 2.91 bits per heavy atom. The number of H-pyrrole nitrogens is 1. The number of halogens is 1. The van der Waals surface area contributed by atoms with E-state index in [1.807, 2.05) is 24.3 Å². The molecule has 0 unspecified atom stereocenters. The minimum absolute atomic E-state index is 0.105. The summed E-state index contributed by atoms with van der Waals surface area (Å²) in [6.07, 6.45) is 4.96. The summed E-state index contributed by atoms with van der Waals surface area (Å²) < 4.78 is 0. The van der Waals surface area contributed by atoms with E-state index in [2.05, 4.69) is 22.4 Å². The van der Waals surface area contributed by atoms with Crippen LogP contribution in [0.4, 0.5) is 5.69 Å². The predicted octanol–water partition coefficient (Wildman–Crippen LogP) is 4.42. The van der Waals surface area contributed by atoms with Crippen LogP contribution in [0.15, 0.2) is 24.3 Å². The van der Waals surface area contributed by atoms with Gasteiger partial charge in [0.25, 0.3) is 0 Å². The fourth-order valence-electron chi connectivity index (χ4n) is 2.68. The largest absolute Gasteiger partial charge is 0.322 e. The molecule has 0 bridgehead atoms. The SMILES string of the molecule is CCCc1[nH]nc(-c2cccc(Cl)c2)c1NC(=O)C1CCC1. The minimum atomic E-state index is 0.105. The highest BCUT2D eigenvalue weighted by Crippen LogP contribution is 2.33. The highest BCUT2D eigenvalue weighted by atomic mass is 35.5. The third-order valence-corrected chi connectivity index (χ3v) is 4.40. The lowest BCUT2D eigenvalue weighted by atomic mass is 9.84. The maximum Gasteiger partial charge on any atom is 0.227 e. The molecule has 0 radical (unpaired) electrons. The molecule has 1 aliphatic rings. The average Bonchev–Trinajstić information content (AvgIpc) is 2.80. The van der Waals surface area contributed by atoms with Crippen LogP contribution in [0.5, 0.6) is 0 Å². The zero-order valence-corrected chi connectivity index (χ0v) is 13.4. The molecule has 0 spiro atoms. The Bertz CT molecular complexity index is 676. The van der Waals surface area contributed by atoms with Gasteiger partial charge in [0.2, 0.25) is 5.91 Å². The summed E-state index contributed by atoms with van der Waals surface area (Å²) in [6, 6.07) is 7.55.